The fourth-order valence-corrected chi connectivity index (χ4v) is 4.08. The zero-order chi connectivity index (χ0) is 18.7. The second kappa shape index (κ2) is 7.92. The number of pyridine rings is 1. The van der Waals surface area contributed by atoms with E-state index in [2.05, 4.69) is 23.5 Å². The van der Waals surface area contributed by atoms with Gasteiger partial charge in [-0.25, -0.2) is 4.98 Å². The first-order chi connectivity index (χ1) is 12.5. The number of amides is 1. The highest BCUT2D eigenvalue weighted by Gasteiger charge is 2.24. The van der Waals surface area contributed by atoms with Gasteiger partial charge in [0, 0.05) is 11.8 Å². The van der Waals surface area contributed by atoms with Crippen LogP contribution in [0.4, 0.5) is 5.82 Å². The summed E-state index contributed by atoms with van der Waals surface area (Å²) in [6.07, 6.45) is 3.62. The molecule has 0 radical (unpaired) electrons. The molecule has 0 bridgehead atoms. The number of hydrogen-bond acceptors (Lipinski definition) is 6. The van der Waals surface area contributed by atoms with Crippen molar-refractivity contribution in [2.24, 2.45) is 5.92 Å². The summed E-state index contributed by atoms with van der Waals surface area (Å²) in [5.41, 5.74) is 2.78. The number of aryl methyl sites for hydroxylation is 2. The highest BCUT2D eigenvalue weighted by Crippen LogP contribution is 2.32. The van der Waals surface area contributed by atoms with Gasteiger partial charge < -0.3 is 9.84 Å². The van der Waals surface area contributed by atoms with Crippen molar-refractivity contribution in [2.75, 3.05) is 5.32 Å². The SMILES string of the molecule is CC[C@H](Sc1nc2c(cc1C#N)C[C@H](C)CC2)C(=O)Nc1cc(C)on1. The van der Waals surface area contributed by atoms with Gasteiger partial charge >= 0.3 is 0 Å². The Morgan fingerprint density at radius 3 is 3.00 bits per heavy atom. The molecule has 6 nitrogen and oxygen atoms in total. The molecule has 136 valence electrons. The number of carbonyl (C=O) groups is 1. The Bertz CT molecular complexity index is 856. The summed E-state index contributed by atoms with van der Waals surface area (Å²) in [7, 11) is 0. The van der Waals surface area contributed by atoms with E-state index in [0.29, 0.717) is 34.5 Å². The molecule has 1 N–H and O–H groups in total. The van der Waals surface area contributed by atoms with Gasteiger partial charge in [-0.3, -0.25) is 4.79 Å². The van der Waals surface area contributed by atoms with Crippen LogP contribution in [0.3, 0.4) is 0 Å². The molecule has 0 saturated heterocycles. The van der Waals surface area contributed by atoms with Crippen LogP contribution in [0.15, 0.2) is 21.7 Å². The normalized spacial score (nSPS) is 17.2. The molecular formula is C19H22N4O2S. The van der Waals surface area contributed by atoms with E-state index in [1.807, 2.05) is 13.0 Å². The van der Waals surface area contributed by atoms with Gasteiger partial charge in [-0.2, -0.15) is 5.26 Å². The maximum Gasteiger partial charge on any atom is 0.239 e. The average molecular weight is 370 g/mol. The molecule has 2 aromatic heterocycles. The summed E-state index contributed by atoms with van der Waals surface area (Å²) < 4.78 is 4.98. The smallest absolute Gasteiger partial charge is 0.239 e. The first kappa shape index (κ1) is 18.5. The molecule has 1 aliphatic rings. The maximum atomic E-state index is 12.6. The number of nitriles is 1. The zero-order valence-electron chi connectivity index (χ0n) is 15.2. The molecule has 0 spiro atoms. The summed E-state index contributed by atoms with van der Waals surface area (Å²) in [6.45, 7) is 5.93. The van der Waals surface area contributed by atoms with Crippen molar-refractivity contribution in [1.29, 1.82) is 5.26 Å². The van der Waals surface area contributed by atoms with E-state index in [1.165, 1.54) is 17.3 Å². The summed E-state index contributed by atoms with van der Waals surface area (Å²) in [5, 5.41) is 16.4. The van der Waals surface area contributed by atoms with E-state index >= 15 is 0 Å². The van der Waals surface area contributed by atoms with Gasteiger partial charge in [-0.1, -0.05) is 30.8 Å². The van der Waals surface area contributed by atoms with E-state index in [-0.39, 0.29) is 11.2 Å². The van der Waals surface area contributed by atoms with Crippen LogP contribution in [-0.4, -0.2) is 21.3 Å². The highest BCUT2D eigenvalue weighted by molar-refractivity contribution is 8.00. The van der Waals surface area contributed by atoms with Gasteiger partial charge in [0.05, 0.1) is 10.8 Å². The third-order valence-electron chi connectivity index (χ3n) is 4.52. The van der Waals surface area contributed by atoms with E-state index in [9.17, 15) is 10.1 Å². The van der Waals surface area contributed by atoms with Crippen LogP contribution in [0.5, 0.6) is 0 Å². The number of aromatic nitrogens is 2. The molecule has 0 aromatic carbocycles. The number of carbonyl (C=O) groups excluding carboxylic acids is 1. The van der Waals surface area contributed by atoms with Gasteiger partial charge in [0.25, 0.3) is 0 Å². The van der Waals surface area contributed by atoms with Gasteiger partial charge in [0.15, 0.2) is 5.82 Å². The van der Waals surface area contributed by atoms with Crippen LogP contribution in [-0.2, 0) is 17.6 Å². The molecule has 1 amide bonds. The Labute approximate surface area is 157 Å². The van der Waals surface area contributed by atoms with Crippen LogP contribution >= 0.6 is 11.8 Å². The largest absolute Gasteiger partial charge is 0.360 e. The summed E-state index contributed by atoms with van der Waals surface area (Å²) >= 11 is 1.34. The lowest BCUT2D eigenvalue weighted by molar-refractivity contribution is -0.115. The highest BCUT2D eigenvalue weighted by atomic mass is 32.2. The Hall–Kier alpha value is -2.33. The minimum absolute atomic E-state index is 0.164. The van der Waals surface area contributed by atoms with Crippen molar-refractivity contribution < 1.29 is 9.32 Å². The molecular weight excluding hydrogens is 348 g/mol. The molecule has 7 heteroatoms. The number of fused-ring (bicyclic) bond motifs is 1. The molecule has 2 atom stereocenters. The standard InChI is InChI=1S/C19H22N4O2S/c1-4-16(18(24)22-17-8-12(3)25-23-17)26-19-14(10-20)9-13-7-11(2)5-6-15(13)21-19/h8-9,11,16H,4-7H2,1-3H3,(H,22,23,24)/t11-,16+/m1/s1. The van der Waals surface area contributed by atoms with E-state index in [4.69, 9.17) is 9.51 Å². The zero-order valence-corrected chi connectivity index (χ0v) is 16.0. The lowest BCUT2D eigenvalue weighted by Gasteiger charge is -2.22. The van der Waals surface area contributed by atoms with Gasteiger partial charge in [-0.15, -0.1) is 0 Å². The van der Waals surface area contributed by atoms with Crippen molar-refractivity contribution in [1.82, 2.24) is 10.1 Å². The minimum Gasteiger partial charge on any atom is -0.360 e. The molecule has 1 aliphatic carbocycles. The number of nitrogens with zero attached hydrogens (tertiary/aromatic N) is 3. The summed E-state index contributed by atoms with van der Waals surface area (Å²) in [4.78, 5) is 17.3. The van der Waals surface area contributed by atoms with E-state index in [1.54, 1.807) is 13.0 Å². The van der Waals surface area contributed by atoms with E-state index in [0.717, 1.165) is 25.0 Å². The Morgan fingerprint density at radius 1 is 1.54 bits per heavy atom. The van der Waals surface area contributed by atoms with Crippen molar-refractivity contribution >= 4 is 23.5 Å². The third-order valence-corrected chi connectivity index (χ3v) is 5.88. The number of rotatable bonds is 5. The average Bonchev–Trinajstić information content (AvgIpc) is 3.03. The fourth-order valence-electron chi connectivity index (χ4n) is 3.09. The minimum atomic E-state index is -0.354. The second-order valence-electron chi connectivity index (χ2n) is 6.73. The lowest BCUT2D eigenvalue weighted by atomic mass is 9.87. The predicted octanol–water partition coefficient (Wildman–Crippen LogP) is 3.88. The number of anilines is 1. The number of nitrogens with one attached hydrogen (secondary N) is 1. The van der Waals surface area contributed by atoms with Crippen LogP contribution in [0.25, 0.3) is 0 Å². The van der Waals surface area contributed by atoms with Gasteiger partial charge in [0.1, 0.15) is 16.9 Å². The molecule has 0 aliphatic heterocycles. The predicted molar refractivity (Wildman–Crippen MR) is 99.9 cm³/mol. The molecule has 0 saturated carbocycles. The third kappa shape index (κ3) is 4.07. The van der Waals surface area contributed by atoms with Gasteiger partial charge in [-0.05, 0) is 50.2 Å². The Morgan fingerprint density at radius 2 is 2.35 bits per heavy atom. The van der Waals surface area contributed by atoms with Crippen LogP contribution in [0.2, 0.25) is 0 Å². The van der Waals surface area contributed by atoms with Crippen LogP contribution in [0.1, 0.15) is 49.3 Å². The van der Waals surface area contributed by atoms with Crippen LogP contribution in [0, 0.1) is 24.2 Å². The number of thioether (sulfide) groups is 1. The van der Waals surface area contributed by atoms with Crippen LogP contribution < -0.4 is 5.32 Å². The molecule has 2 heterocycles. The molecule has 3 rings (SSSR count). The van der Waals surface area contributed by atoms with Gasteiger partial charge in [0.2, 0.25) is 5.91 Å². The van der Waals surface area contributed by atoms with Crippen molar-refractivity contribution in [2.45, 2.75) is 56.7 Å². The van der Waals surface area contributed by atoms with Crippen molar-refractivity contribution in [3.05, 3.63) is 34.7 Å². The molecule has 0 unspecified atom stereocenters. The van der Waals surface area contributed by atoms with E-state index < -0.39 is 0 Å². The molecule has 2 aromatic rings. The topological polar surface area (TPSA) is 91.8 Å². The first-order valence-corrected chi connectivity index (χ1v) is 9.71. The summed E-state index contributed by atoms with van der Waals surface area (Å²) in [5.74, 6) is 1.50. The quantitative estimate of drug-likeness (QED) is 0.803. The second-order valence-corrected chi connectivity index (χ2v) is 7.92. The summed E-state index contributed by atoms with van der Waals surface area (Å²) in [6, 6.07) is 5.86. The molecule has 0 fully saturated rings. The monoisotopic (exact) mass is 370 g/mol. The Balaban J connectivity index is 1.79. The van der Waals surface area contributed by atoms with Crippen molar-refractivity contribution in [3.63, 3.8) is 0 Å². The fraction of sp³-hybridized carbons (Fsp3) is 0.474. The molecule has 26 heavy (non-hydrogen) atoms. The lowest BCUT2D eigenvalue weighted by Crippen LogP contribution is -2.25. The number of hydrogen-bond donors (Lipinski definition) is 1. The van der Waals surface area contributed by atoms with Crippen molar-refractivity contribution in [3.8, 4) is 6.07 Å². The maximum absolute atomic E-state index is 12.6. The Kier molecular flexibility index (Phi) is 5.62. The first-order valence-electron chi connectivity index (χ1n) is 8.83.